The van der Waals surface area contributed by atoms with Gasteiger partial charge in [0.05, 0.1) is 18.3 Å². The Kier molecular flexibility index (Phi) is 7.06. The van der Waals surface area contributed by atoms with Crippen LogP contribution in [-0.2, 0) is 9.47 Å². The SMILES string of the molecule is CCC(C)n1ncn(-c2ccc(N3CCN(c4ccc(OCC5COCO5)cc4)CC3)cc2)c1=O. The third-order valence-corrected chi connectivity index (χ3v) is 6.80. The first-order valence-electron chi connectivity index (χ1n) is 12.3. The zero-order valence-corrected chi connectivity index (χ0v) is 20.4. The van der Waals surface area contributed by atoms with Crippen molar-refractivity contribution in [2.24, 2.45) is 0 Å². The van der Waals surface area contributed by atoms with Gasteiger partial charge in [-0.05, 0) is 61.9 Å². The molecule has 0 aliphatic carbocycles. The lowest BCUT2D eigenvalue weighted by molar-refractivity contribution is 0.0320. The highest BCUT2D eigenvalue weighted by atomic mass is 16.7. The minimum absolute atomic E-state index is 0.0141. The molecule has 3 heterocycles. The molecule has 9 heteroatoms. The molecule has 186 valence electrons. The van der Waals surface area contributed by atoms with Gasteiger partial charge < -0.3 is 24.0 Å². The summed E-state index contributed by atoms with van der Waals surface area (Å²) in [6.07, 6.45) is 2.49. The third kappa shape index (κ3) is 5.21. The molecular formula is C26H33N5O4. The van der Waals surface area contributed by atoms with Crippen molar-refractivity contribution in [1.82, 2.24) is 14.3 Å². The highest BCUT2D eigenvalue weighted by Gasteiger charge is 2.19. The van der Waals surface area contributed by atoms with E-state index in [0.717, 1.165) is 49.7 Å². The second-order valence-corrected chi connectivity index (χ2v) is 9.06. The van der Waals surface area contributed by atoms with Crippen LogP contribution in [0.2, 0.25) is 0 Å². The number of nitrogens with zero attached hydrogens (tertiary/aromatic N) is 5. The smallest absolute Gasteiger partial charge is 0.350 e. The largest absolute Gasteiger partial charge is 0.491 e. The van der Waals surface area contributed by atoms with Crippen LogP contribution in [0.1, 0.15) is 26.3 Å². The molecule has 0 bridgehead atoms. The summed E-state index contributed by atoms with van der Waals surface area (Å²) in [5, 5.41) is 4.28. The summed E-state index contributed by atoms with van der Waals surface area (Å²) in [5.41, 5.74) is 3.10. The summed E-state index contributed by atoms with van der Waals surface area (Å²) in [4.78, 5) is 17.4. The van der Waals surface area contributed by atoms with Crippen LogP contribution in [0, 0.1) is 0 Å². The highest BCUT2D eigenvalue weighted by Crippen LogP contribution is 2.24. The maximum Gasteiger partial charge on any atom is 0.350 e. The zero-order valence-electron chi connectivity index (χ0n) is 20.4. The van der Waals surface area contributed by atoms with E-state index in [9.17, 15) is 4.79 Å². The minimum Gasteiger partial charge on any atom is -0.491 e. The number of anilines is 2. The van der Waals surface area contributed by atoms with Crippen molar-refractivity contribution >= 4 is 11.4 Å². The average molecular weight is 480 g/mol. The summed E-state index contributed by atoms with van der Waals surface area (Å²) in [5.74, 6) is 0.844. The number of hydrogen-bond donors (Lipinski definition) is 0. The topological polar surface area (TPSA) is 74.0 Å². The maximum atomic E-state index is 12.7. The Labute approximate surface area is 205 Å². The summed E-state index contributed by atoms with van der Waals surface area (Å²) < 4.78 is 19.6. The van der Waals surface area contributed by atoms with Gasteiger partial charge in [0.2, 0.25) is 0 Å². The van der Waals surface area contributed by atoms with Gasteiger partial charge in [-0.15, -0.1) is 0 Å². The quantitative estimate of drug-likeness (QED) is 0.492. The molecule has 35 heavy (non-hydrogen) atoms. The molecule has 2 aromatic carbocycles. The molecule has 0 spiro atoms. The fourth-order valence-electron chi connectivity index (χ4n) is 4.43. The molecule has 2 fully saturated rings. The third-order valence-electron chi connectivity index (χ3n) is 6.80. The van der Waals surface area contributed by atoms with Crippen molar-refractivity contribution in [3.8, 4) is 11.4 Å². The molecule has 9 nitrogen and oxygen atoms in total. The van der Waals surface area contributed by atoms with Crippen LogP contribution >= 0.6 is 0 Å². The van der Waals surface area contributed by atoms with E-state index in [4.69, 9.17) is 14.2 Å². The normalized spacial score (nSPS) is 19.2. The van der Waals surface area contributed by atoms with E-state index in [2.05, 4.69) is 46.1 Å². The number of ether oxygens (including phenoxy) is 3. The number of benzene rings is 2. The predicted octanol–water partition coefficient (Wildman–Crippen LogP) is 3.08. The molecule has 2 aliphatic rings. The van der Waals surface area contributed by atoms with E-state index in [1.54, 1.807) is 15.6 Å². The molecule has 2 saturated heterocycles. The van der Waals surface area contributed by atoms with E-state index >= 15 is 0 Å². The van der Waals surface area contributed by atoms with Gasteiger partial charge in [0.1, 0.15) is 31.6 Å². The fourth-order valence-corrected chi connectivity index (χ4v) is 4.43. The van der Waals surface area contributed by atoms with E-state index in [-0.39, 0.29) is 17.8 Å². The van der Waals surface area contributed by atoms with Crippen molar-refractivity contribution in [3.05, 3.63) is 65.3 Å². The summed E-state index contributed by atoms with van der Waals surface area (Å²) in [6, 6.07) is 16.5. The van der Waals surface area contributed by atoms with Crippen molar-refractivity contribution in [2.75, 3.05) is 56.0 Å². The number of rotatable bonds is 8. The standard InChI is InChI=1S/C26H33N5O4/c1-3-20(2)31-26(32)30(18-27-31)23-6-4-21(5-7-23)28-12-14-29(15-13-28)22-8-10-24(11-9-22)34-17-25-16-33-19-35-25/h4-11,18,20,25H,3,12-17,19H2,1-2H3. The van der Waals surface area contributed by atoms with Gasteiger partial charge in [-0.25, -0.2) is 14.0 Å². The van der Waals surface area contributed by atoms with Crippen LogP contribution in [-0.4, -0.2) is 66.6 Å². The Morgan fingerprint density at radius 3 is 2.14 bits per heavy atom. The summed E-state index contributed by atoms with van der Waals surface area (Å²) in [7, 11) is 0. The summed E-state index contributed by atoms with van der Waals surface area (Å²) >= 11 is 0. The van der Waals surface area contributed by atoms with Crippen LogP contribution in [0.4, 0.5) is 11.4 Å². The first-order valence-corrected chi connectivity index (χ1v) is 12.3. The average Bonchev–Trinajstić information content (AvgIpc) is 3.57. The molecule has 2 unspecified atom stereocenters. The molecular weight excluding hydrogens is 446 g/mol. The van der Waals surface area contributed by atoms with Gasteiger partial charge in [-0.2, -0.15) is 5.10 Å². The molecule has 5 rings (SSSR count). The maximum absolute atomic E-state index is 12.7. The molecule has 3 aromatic rings. The van der Waals surface area contributed by atoms with Gasteiger partial charge in [0, 0.05) is 37.6 Å². The highest BCUT2D eigenvalue weighted by molar-refractivity contribution is 5.54. The molecule has 0 saturated carbocycles. The zero-order chi connectivity index (χ0) is 24.2. The van der Waals surface area contributed by atoms with Gasteiger partial charge in [0.15, 0.2) is 0 Å². The van der Waals surface area contributed by atoms with E-state index < -0.39 is 0 Å². The van der Waals surface area contributed by atoms with Crippen LogP contribution in [0.25, 0.3) is 5.69 Å². The first kappa shape index (κ1) is 23.4. The number of hydrogen-bond acceptors (Lipinski definition) is 7. The van der Waals surface area contributed by atoms with Crippen molar-refractivity contribution in [3.63, 3.8) is 0 Å². The Morgan fingerprint density at radius 2 is 1.57 bits per heavy atom. The lowest BCUT2D eigenvalue weighted by atomic mass is 10.2. The minimum atomic E-state index is -0.0991. The first-order chi connectivity index (χ1) is 17.1. The Morgan fingerprint density at radius 1 is 0.971 bits per heavy atom. The van der Waals surface area contributed by atoms with E-state index in [0.29, 0.717) is 20.0 Å². The Hall–Kier alpha value is -3.30. The van der Waals surface area contributed by atoms with E-state index in [1.165, 1.54) is 5.69 Å². The van der Waals surface area contributed by atoms with Crippen molar-refractivity contribution in [2.45, 2.75) is 32.4 Å². The Balaban J connectivity index is 1.15. The molecule has 0 amide bonds. The molecule has 1 aromatic heterocycles. The predicted molar refractivity (Wildman–Crippen MR) is 135 cm³/mol. The Bertz CT molecular complexity index is 1140. The van der Waals surface area contributed by atoms with Crippen LogP contribution < -0.4 is 20.2 Å². The van der Waals surface area contributed by atoms with Crippen molar-refractivity contribution in [1.29, 1.82) is 0 Å². The van der Waals surface area contributed by atoms with Gasteiger partial charge in [0.25, 0.3) is 0 Å². The molecule has 0 N–H and O–H groups in total. The van der Waals surface area contributed by atoms with Gasteiger partial charge in [-0.1, -0.05) is 6.92 Å². The second-order valence-electron chi connectivity index (χ2n) is 9.06. The van der Waals surface area contributed by atoms with E-state index in [1.807, 2.05) is 31.2 Å². The molecule has 2 aliphatic heterocycles. The fraction of sp³-hybridized carbons (Fsp3) is 0.462. The monoisotopic (exact) mass is 479 g/mol. The van der Waals surface area contributed by atoms with Gasteiger partial charge >= 0.3 is 5.69 Å². The lowest BCUT2D eigenvalue weighted by Crippen LogP contribution is -2.46. The summed E-state index contributed by atoms with van der Waals surface area (Å²) in [6.45, 7) is 9.26. The van der Waals surface area contributed by atoms with Crippen LogP contribution in [0.5, 0.6) is 5.75 Å². The van der Waals surface area contributed by atoms with Crippen molar-refractivity contribution < 1.29 is 14.2 Å². The van der Waals surface area contributed by atoms with Gasteiger partial charge in [-0.3, -0.25) is 0 Å². The molecule has 2 atom stereocenters. The second kappa shape index (κ2) is 10.5. The lowest BCUT2D eigenvalue weighted by Gasteiger charge is -2.37. The number of piperazine rings is 1. The molecule has 0 radical (unpaired) electrons. The van der Waals surface area contributed by atoms with Crippen LogP contribution in [0.15, 0.2) is 59.7 Å². The number of aromatic nitrogens is 3. The van der Waals surface area contributed by atoms with Crippen LogP contribution in [0.3, 0.4) is 0 Å².